The van der Waals surface area contributed by atoms with Gasteiger partial charge >= 0.3 is 0 Å². The third-order valence-corrected chi connectivity index (χ3v) is 2.48. The molecule has 0 aromatic carbocycles. The van der Waals surface area contributed by atoms with Crippen LogP contribution in [0.3, 0.4) is 0 Å². The fourth-order valence-electron chi connectivity index (χ4n) is 1.23. The average molecular weight is 258 g/mol. The highest BCUT2D eigenvalue weighted by Gasteiger charge is 1.97. The van der Waals surface area contributed by atoms with Crippen molar-refractivity contribution in [3.63, 3.8) is 0 Å². The molecule has 0 aromatic rings. The molecule has 0 aliphatic heterocycles. The van der Waals surface area contributed by atoms with E-state index in [1.807, 2.05) is 57.2 Å². The van der Waals surface area contributed by atoms with Gasteiger partial charge in [0.1, 0.15) is 6.29 Å². The van der Waals surface area contributed by atoms with Gasteiger partial charge in [-0.25, -0.2) is 0 Å². The zero-order valence-corrected chi connectivity index (χ0v) is 12.1. The number of Topliss-reactive ketones (excluding diaryl/α,β-unsaturated/α-hetero) is 1. The minimum absolute atomic E-state index is 0.167. The van der Waals surface area contributed by atoms with Gasteiger partial charge in [0, 0.05) is 6.42 Å². The number of carbonyl (C=O) groups is 2. The van der Waals surface area contributed by atoms with Crippen molar-refractivity contribution in [2.45, 2.75) is 34.1 Å². The predicted molar refractivity (Wildman–Crippen MR) is 80.9 cm³/mol. The van der Waals surface area contributed by atoms with Gasteiger partial charge in [-0.3, -0.25) is 9.59 Å². The van der Waals surface area contributed by atoms with Crippen molar-refractivity contribution in [3.8, 4) is 0 Å². The quantitative estimate of drug-likeness (QED) is 0.391. The average Bonchev–Trinajstić information content (AvgIpc) is 2.42. The van der Waals surface area contributed by atoms with Crippen LogP contribution in [0.5, 0.6) is 0 Å². The van der Waals surface area contributed by atoms with Gasteiger partial charge < -0.3 is 0 Å². The molecule has 102 valence electrons. The van der Waals surface area contributed by atoms with E-state index in [4.69, 9.17) is 0 Å². The van der Waals surface area contributed by atoms with Gasteiger partial charge in [0.05, 0.1) is 0 Å². The number of hydrogen-bond donors (Lipinski definition) is 0. The minimum atomic E-state index is 0.167. The van der Waals surface area contributed by atoms with Crippen molar-refractivity contribution in [1.29, 1.82) is 0 Å². The highest BCUT2D eigenvalue weighted by atomic mass is 16.1. The Morgan fingerprint density at radius 2 is 1.47 bits per heavy atom. The zero-order valence-electron chi connectivity index (χ0n) is 12.1. The molecule has 2 nitrogen and oxygen atoms in total. The normalized spacial score (nSPS) is 14.4. The molecule has 0 radical (unpaired) electrons. The van der Waals surface area contributed by atoms with E-state index in [-0.39, 0.29) is 5.78 Å². The molecule has 0 N–H and O–H groups in total. The SMILES string of the molecule is CCC(=O)/C(C)=C/C=C/C(C)=C/C=C/C=C(\C)C=O. The summed E-state index contributed by atoms with van der Waals surface area (Å²) in [7, 11) is 0. The molecule has 0 spiro atoms. The van der Waals surface area contributed by atoms with E-state index in [9.17, 15) is 9.59 Å². The Balaban J connectivity index is 4.49. The molecule has 0 aromatic heterocycles. The maximum Gasteiger partial charge on any atom is 0.158 e. The first-order chi connectivity index (χ1) is 9.01. The Hall–Kier alpha value is -1.96. The van der Waals surface area contributed by atoms with Gasteiger partial charge in [0.25, 0.3) is 0 Å². The van der Waals surface area contributed by atoms with E-state index in [0.29, 0.717) is 12.0 Å². The van der Waals surface area contributed by atoms with Crippen LogP contribution in [-0.4, -0.2) is 12.1 Å². The molecule has 0 saturated carbocycles. The number of aldehydes is 1. The first kappa shape index (κ1) is 17.0. The van der Waals surface area contributed by atoms with Gasteiger partial charge in [0.15, 0.2) is 5.78 Å². The third kappa shape index (κ3) is 8.72. The summed E-state index contributed by atoms with van der Waals surface area (Å²) in [6.07, 6.45) is 14.4. The number of ketones is 1. The van der Waals surface area contributed by atoms with E-state index in [1.165, 1.54) is 0 Å². The van der Waals surface area contributed by atoms with Crippen molar-refractivity contribution < 1.29 is 9.59 Å². The van der Waals surface area contributed by atoms with Crippen molar-refractivity contribution in [1.82, 2.24) is 0 Å². The van der Waals surface area contributed by atoms with Crippen LogP contribution < -0.4 is 0 Å². The molecule has 0 amide bonds. The molecule has 0 aliphatic carbocycles. The lowest BCUT2D eigenvalue weighted by Gasteiger charge is -1.93. The molecule has 0 atom stereocenters. The van der Waals surface area contributed by atoms with Crippen LogP contribution in [0.15, 0.2) is 59.3 Å². The van der Waals surface area contributed by atoms with Gasteiger partial charge in [-0.05, 0) is 31.9 Å². The summed E-state index contributed by atoms with van der Waals surface area (Å²) in [4.78, 5) is 21.7. The molecule has 0 rings (SSSR count). The molecule has 0 unspecified atom stereocenters. The number of carbonyl (C=O) groups excluding carboxylic acids is 2. The van der Waals surface area contributed by atoms with Gasteiger partial charge in [-0.15, -0.1) is 0 Å². The minimum Gasteiger partial charge on any atom is -0.298 e. The summed E-state index contributed by atoms with van der Waals surface area (Å²) in [5, 5.41) is 0. The van der Waals surface area contributed by atoms with Gasteiger partial charge in [-0.2, -0.15) is 0 Å². The van der Waals surface area contributed by atoms with Crippen molar-refractivity contribution in [3.05, 3.63) is 59.3 Å². The fraction of sp³-hybridized carbons (Fsp3) is 0.294. The number of rotatable bonds is 7. The Morgan fingerprint density at radius 3 is 2.00 bits per heavy atom. The number of allylic oxidation sites excluding steroid dienone is 10. The second kappa shape index (κ2) is 10.0. The van der Waals surface area contributed by atoms with Crippen molar-refractivity contribution in [2.75, 3.05) is 0 Å². The first-order valence-electron chi connectivity index (χ1n) is 6.36. The summed E-state index contributed by atoms with van der Waals surface area (Å²) >= 11 is 0. The van der Waals surface area contributed by atoms with Crippen LogP contribution in [-0.2, 0) is 9.59 Å². The molecule has 2 heteroatoms. The molecule has 0 aliphatic rings. The Bertz CT molecular complexity index is 458. The lowest BCUT2D eigenvalue weighted by atomic mass is 10.1. The summed E-state index contributed by atoms with van der Waals surface area (Å²) in [6, 6.07) is 0. The van der Waals surface area contributed by atoms with E-state index in [0.717, 1.165) is 17.4 Å². The molecule has 0 heterocycles. The highest BCUT2D eigenvalue weighted by Crippen LogP contribution is 2.01. The maximum absolute atomic E-state index is 11.3. The molecule has 19 heavy (non-hydrogen) atoms. The molecular formula is C17H22O2. The Morgan fingerprint density at radius 1 is 0.895 bits per heavy atom. The first-order valence-corrected chi connectivity index (χ1v) is 6.36. The Kier molecular flexibility index (Phi) is 8.98. The predicted octanol–water partition coefficient (Wildman–Crippen LogP) is 4.12. The second-order valence-corrected chi connectivity index (χ2v) is 4.31. The van der Waals surface area contributed by atoms with Crippen LogP contribution >= 0.6 is 0 Å². The van der Waals surface area contributed by atoms with Crippen molar-refractivity contribution >= 4 is 12.1 Å². The topological polar surface area (TPSA) is 34.1 Å². The maximum atomic E-state index is 11.3. The smallest absolute Gasteiger partial charge is 0.158 e. The van der Waals surface area contributed by atoms with Crippen LogP contribution in [0.1, 0.15) is 34.1 Å². The van der Waals surface area contributed by atoms with E-state index in [2.05, 4.69) is 0 Å². The standard InChI is InChI=1S/C17H22O2/c1-5-17(19)16(4)12-8-11-14(2)9-6-7-10-15(3)13-18/h6-13H,5H2,1-4H3/b7-6+,11-8+,14-9+,15-10+,16-12+. The van der Waals surface area contributed by atoms with E-state index in [1.54, 1.807) is 13.0 Å². The zero-order chi connectivity index (χ0) is 14.7. The largest absolute Gasteiger partial charge is 0.298 e. The summed E-state index contributed by atoms with van der Waals surface area (Å²) in [5.41, 5.74) is 2.53. The van der Waals surface area contributed by atoms with Gasteiger partial charge in [-0.1, -0.05) is 55.0 Å². The summed E-state index contributed by atoms with van der Waals surface area (Å²) in [6.45, 7) is 7.41. The van der Waals surface area contributed by atoms with Crippen LogP contribution in [0, 0.1) is 0 Å². The lowest BCUT2D eigenvalue weighted by molar-refractivity contribution is -0.115. The van der Waals surface area contributed by atoms with E-state index >= 15 is 0 Å². The highest BCUT2D eigenvalue weighted by molar-refractivity contribution is 5.94. The monoisotopic (exact) mass is 258 g/mol. The van der Waals surface area contributed by atoms with Crippen LogP contribution in [0.4, 0.5) is 0 Å². The van der Waals surface area contributed by atoms with Crippen LogP contribution in [0.25, 0.3) is 0 Å². The summed E-state index contributed by atoms with van der Waals surface area (Å²) in [5.74, 6) is 0.167. The third-order valence-electron chi connectivity index (χ3n) is 2.48. The molecule has 0 saturated heterocycles. The van der Waals surface area contributed by atoms with Crippen molar-refractivity contribution in [2.24, 2.45) is 0 Å². The second-order valence-electron chi connectivity index (χ2n) is 4.31. The van der Waals surface area contributed by atoms with Gasteiger partial charge in [0.2, 0.25) is 0 Å². The lowest BCUT2D eigenvalue weighted by Crippen LogP contribution is -1.95. The van der Waals surface area contributed by atoms with Crippen LogP contribution in [0.2, 0.25) is 0 Å². The summed E-state index contributed by atoms with van der Waals surface area (Å²) < 4.78 is 0. The van der Waals surface area contributed by atoms with E-state index < -0.39 is 0 Å². The molecule has 0 fully saturated rings. The fourth-order valence-corrected chi connectivity index (χ4v) is 1.23. The molecule has 0 bridgehead atoms. The number of hydrogen-bond acceptors (Lipinski definition) is 2. The molecular weight excluding hydrogens is 236 g/mol. The Labute approximate surface area is 115 Å².